The van der Waals surface area contributed by atoms with Gasteiger partial charge >= 0.3 is 0 Å². The molecule has 1 aliphatic rings. The summed E-state index contributed by atoms with van der Waals surface area (Å²) in [7, 11) is 5.60. The van der Waals surface area contributed by atoms with Crippen LogP contribution in [0.5, 0.6) is 0 Å². The molecule has 0 aliphatic carbocycles. The Morgan fingerprint density at radius 2 is 2.25 bits per heavy atom. The van der Waals surface area contributed by atoms with E-state index in [4.69, 9.17) is 7.85 Å². The van der Waals surface area contributed by atoms with Crippen molar-refractivity contribution < 1.29 is 4.79 Å². The molecule has 0 unspecified atom stereocenters. The molecule has 0 bridgehead atoms. The third-order valence-electron chi connectivity index (χ3n) is 1.89. The third-order valence-corrected chi connectivity index (χ3v) is 2.95. The Kier molecular flexibility index (Phi) is 1.97. The molecule has 2 radical (unpaired) electrons. The second-order valence-corrected chi connectivity index (χ2v) is 3.91. The average Bonchev–Trinajstić information content (AvgIpc) is 2.04. The third kappa shape index (κ3) is 1.29. The van der Waals surface area contributed by atoms with Crippen LogP contribution in [0.4, 0.5) is 0 Å². The monoisotopic (exact) mass is 174 g/mol. The van der Waals surface area contributed by atoms with Crippen molar-refractivity contribution >= 4 is 30.9 Å². The van der Waals surface area contributed by atoms with Gasteiger partial charge in [-0.3, -0.25) is 4.79 Å². The topological polar surface area (TPSA) is 17.1 Å². The van der Waals surface area contributed by atoms with E-state index in [-0.39, 0.29) is 5.78 Å². The summed E-state index contributed by atoms with van der Waals surface area (Å²) in [6.45, 7) is 0. The van der Waals surface area contributed by atoms with Gasteiger partial charge in [0, 0.05) is 22.6 Å². The first-order valence-electron chi connectivity index (χ1n) is 3.83. The number of carbonyl (C=O) groups excluding carboxylic acids is 1. The summed E-state index contributed by atoms with van der Waals surface area (Å²) in [6.07, 6.45) is 0.654. The summed E-state index contributed by atoms with van der Waals surface area (Å²) in [5.74, 6) is 1.12. The Labute approximate surface area is 77.0 Å². The molecule has 0 N–H and O–H groups in total. The zero-order valence-corrected chi connectivity index (χ0v) is 7.36. The van der Waals surface area contributed by atoms with Crippen LogP contribution in [0.15, 0.2) is 23.1 Å². The Morgan fingerprint density at radius 3 is 3.08 bits per heavy atom. The van der Waals surface area contributed by atoms with E-state index in [9.17, 15) is 4.79 Å². The molecule has 0 amide bonds. The molecule has 1 aliphatic heterocycles. The average molecular weight is 174 g/mol. The number of hydrogen-bond acceptors (Lipinski definition) is 2. The van der Waals surface area contributed by atoms with Gasteiger partial charge in [-0.2, -0.15) is 0 Å². The second-order valence-electron chi connectivity index (χ2n) is 2.78. The number of benzene rings is 1. The molecule has 2 rings (SSSR count). The summed E-state index contributed by atoms with van der Waals surface area (Å²) in [5, 5.41) is 0. The summed E-state index contributed by atoms with van der Waals surface area (Å²) >= 11 is 1.71. The van der Waals surface area contributed by atoms with Crippen molar-refractivity contribution in [3.63, 3.8) is 0 Å². The van der Waals surface area contributed by atoms with Gasteiger partial charge in [-0.05, 0) is 0 Å². The maximum Gasteiger partial charge on any atom is 0.164 e. The first-order valence-corrected chi connectivity index (χ1v) is 4.81. The fourth-order valence-corrected chi connectivity index (χ4v) is 2.34. The van der Waals surface area contributed by atoms with Gasteiger partial charge in [0.25, 0.3) is 0 Å². The molecule has 3 heteroatoms. The van der Waals surface area contributed by atoms with Gasteiger partial charge in [-0.1, -0.05) is 23.7 Å². The number of carbonyl (C=O) groups is 1. The van der Waals surface area contributed by atoms with Gasteiger partial charge in [0.2, 0.25) is 0 Å². The first kappa shape index (κ1) is 7.93. The van der Waals surface area contributed by atoms with Gasteiger partial charge in [-0.15, -0.1) is 11.8 Å². The van der Waals surface area contributed by atoms with Gasteiger partial charge in [0.15, 0.2) is 5.78 Å². The van der Waals surface area contributed by atoms with Gasteiger partial charge in [0.1, 0.15) is 7.85 Å². The molecule has 0 aromatic heterocycles. The molecule has 1 aromatic carbocycles. The lowest BCUT2D eigenvalue weighted by Crippen LogP contribution is -2.12. The number of thioether (sulfide) groups is 1. The lowest BCUT2D eigenvalue weighted by molar-refractivity contribution is 0.0985. The molecule has 0 spiro atoms. The Morgan fingerprint density at radius 1 is 1.42 bits per heavy atom. The van der Waals surface area contributed by atoms with Crippen molar-refractivity contribution in [2.24, 2.45) is 0 Å². The quantitative estimate of drug-likeness (QED) is 0.549. The fraction of sp³-hybridized carbons (Fsp3) is 0.222. The van der Waals surface area contributed by atoms with E-state index in [1.165, 1.54) is 0 Å². The maximum atomic E-state index is 11.3. The van der Waals surface area contributed by atoms with Crippen LogP contribution in [0.3, 0.4) is 0 Å². The zero-order chi connectivity index (χ0) is 8.55. The molecule has 58 valence electrons. The summed E-state index contributed by atoms with van der Waals surface area (Å²) in [4.78, 5) is 12.4. The molecule has 12 heavy (non-hydrogen) atoms. The minimum absolute atomic E-state index is 0.240. The molecule has 0 atom stereocenters. The van der Waals surface area contributed by atoms with Crippen molar-refractivity contribution in [3.05, 3.63) is 23.8 Å². The standard InChI is InChI=1S/C9H7BOS/c10-6-1-2-7-8(11)3-4-12-9(7)5-6/h1-2,5H,3-4H2. The van der Waals surface area contributed by atoms with E-state index in [1.807, 2.05) is 12.1 Å². The van der Waals surface area contributed by atoms with Gasteiger partial charge in [0.05, 0.1) is 0 Å². The summed E-state index contributed by atoms with van der Waals surface area (Å²) in [6, 6.07) is 5.47. The molecule has 0 fully saturated rings. The zero-order valence-electron chi connectivity index (χ0n) is 6.54. The van der Waals surface area contributed by atoms with Crippen LogP contribution in [0, 0.1) is 0 Å². The van der Waals surface area contributed by atoms with Crippen LogP contribution in [0.25, 0.3) is 0 Å². The number of hydrogen-bond donors (Lipinski definition) is 0. The lowest BCUT2D eigenvalue weighted by Gasteiger charge is -2.13. The van der Waals surface area contributed by atoms with Crippen molar-refractivity contribution in [1.82, 2.24) is 0 Å². The SMILES string of the molecule is [B]c1ccc2c(c1)SCCC2=O. The van der Waals surface area contributed by atoms with Crippen molar-refractivity contribution in [3.8, 4) is 0 Å². The Bertz CT molecular complexity index is 335. The van der Waals surface area contributed by atoms with Crippen LogP contribution < -0.4 is 5.46 Å². The molecular weight excluding hydrogens is 167 g/mol. The molecular formula is C9H7BOS. The van der Waals surface area contributed by atoms with Gasteiger partial charge < -0.3 is 0 Å². The minimum atomic E-state index is 0.240. The van der Waals surface area contributed by atoms with E-state index in [2.05, 4.69) is 0 Å². The predicted molar refractivity (Wildman–Crippen MR) is 51.5 cm³/mol. The minimum Gasteiger partial charge on any atom is -0.294 e. The van der Waals surface area contributed by atoms with E-state index in [0.29, 0.717) is 6.42 Å². The molecule has 0 saturated carbocycles. The normalized spacial score (nSPS) is 15.8. The Balaban J connectivity index is 2.53. The van der Waals surface area contributed by atoms with E-state index < -0.39 is 0 Å². The summed E-state index contributed by atoms with van der Waals surface area (Å²) in [5.41, 5.74) is 1.57. The smallest absolute Gasteiger partial charge is 0.164 e. The van der Waals surface area contributed by atoms with Crippen LogP contribution in [-0.4, -0.2) is 19.4 Å². The highest BCUT2D eigenvalue weighted by Crippen LogP contribution is 2.28. The Hall–Kier alpha value is -0.695. The molecule has 1 heterocycles. The highest BCUT2D eigenvalue weighted by molar-refractivity contribution is 7.99. The maximum absolute atomic E-state index is 11.3. The van der Waals surface area contributed by atoms with Crippen LogP contribution in [0.1, 0.15) is 16.8 Å². The van der Waals surface area contributed by atoms with Crippen LogP contribution in [0.2, 0.25) is 0 Å². The fourth-order valence-electron chi connectivity index (χ4n) is 1.28. The van der Waals surface area contributed by atoms with E-state index >= 15 is 0 Å². The highest BCUT2D eigenvalue weighted by Gasteiger charge is 2.16. The number of ketones is 1. The lowest BCUT2D eigenvalue weighted by atomic mass is 9.94. The number of fused-ring (bicyclic) bond motifs is 1. The molecule has 0 saturated heterocycles. The second kappa shape index (κ2) is 2.98. The van der Waals surface area contributed by atoms with Crippen molar-refractivity contribution in [2.45, 2.75) is 11.3 Å². The van der Waals surface area contributed by atoms with E-state index in [0.717, 1.165) is 21.7 Å². The first-order chi connectivity index (χ1) is 5.77. The highest BCUT2D eigenvalue weighted by atomic mass is 32.2. The van der Waals surface area contributed by atoms with E-state index in [1.54, 1.807) is 17.8 Å². The molecule has 1 aromatic rings. The van der Waals surface area contributed by atoms with Crippen molar-refractivity contribution in [1.29, 1.82) is 0 Å². The van der Waals surface area contributed by atoms with Crippen LogP contribution >= 0.6 is 11.8 Å². The summed E-state index contributed by atoms with van der Waals surface area (Å²) < 4.78 is 0. The predicted octanol–water partition coefficient (Wildman–Crippen LogP) is 1.16. The van der Waals surface area contributed by atoms with Crippen LogP contribution in [-0.2, 0) is 0 Å². The number of Topliss-reactive ketones (excluding diaryl/α,β-unsaturated/α-hetero) is 1. The number of rotatable bonds is 0. The van der Waals surface area contributed by atoms with Gasteiger partial charge in [-0.25, -0.2) is 0 Å². The molecule has 1 nitrogen and oxygen atoms in total. The largest absolute Gasteiger partial charge is 0.294 e. The van der Waals surface area contributed by atoms with Crippen molar-refractivity contribution in [2.75, 3.05) is 5.75 Å².